The van der Waals surface area contributed by atoms with Gasteiger partial charge in [-0.05, 0) is 51.1 Å². The molecule has 3 heteroatoms. The maximum atomic E-state index is 13.7. The van der Waals surface area contributed by atoms with Gasteiger partial charge < -0.3 is 5.73 Å². The highest BCUT2D eigenvalue weighted by molar-refractivity contribution is 5.42. The number of anilines is 1. The first-order valence-electron chi connectivity index (χ1n) is 5.97. The van der Waals surface area contributed by atoms with Gasteiger partial charge in [-0.3, -0.25) is 4.90 Å². The van der Waals surface area contributed by atoms with E-state index in [1.807, 2.05) is 0 Å². The Bertz CT molecular complexity index is 359. The quantitative estimate of drug-likeness (QED) is 0.779. The number of likely N-dealkylation sites (tertiary alicyclic amines) is 1. The number of piperidine rings is 1. The third kappa shape index (κ3) is 2.35. The molecule has 0 aliphatic carbocycles. The van der Waals surface area contributed by atoms with Crippen molar-refractivity contribution in [2.45, 2.75) is 32.2 Å². The van der Waals surface area contributed by atoms with E-state index in [-0.39, 0.29) is 11.9 Å². The van der Waals surface area contributed by atoms with Crippen molar-refractivity contribution in [3.05, 3.63) is 29.6 Å². The molecule has 2 rings (SSSR count). The summed E-state index contributed by atoms with van der Waals surface area (Å²) in [6.07, 6.45) is 3.73. The van der Waals surface area contributed by atoms with Crippen molar-refractivity contribution in [1.29, 1.82) is 0 Å². The van der Waals surface area contributed by atoms with Crippen molar-refractivity contribution in [2.24, 2.45) is 0 Å². The van der Waals surface area contributed by atoms with Crippen LogP contribution in [-0.4, -0.2) is 18.0 Å². The molecule has 1 aliphatic rings. The molecule has 1 aromatic rings. The first-order valence-corrected chi connectivity index (χ1v) is 5.97. The van der Waals surface area contributed by atoms with Gasteiger partial charge in [-0.2, -0.15) is 0 Å². The maximum absolute atomic E-state index is 13.7. The van der Waals surface area contributed by atoms with Crippen LogP contribution in [-0.2, 0) is 0 Å². The lowest BCUT2D eigenvalue weighted by molar-refractivity contribution is 0.172. The van der Waals surface area contributed by atoms with E-state index in [1.54, 1.807) is 12.1 Å². The second-order valence-corrected chi connectivity index (χ2v) is 4.55. The van der Waals surface area contributed by atoms with Gasteiger partial charge in [0.1, 0.15) is 5.82 Å². The normalized spacial score (nSPS) is 19.6. The predicted molar refractivity (Wildman–Crippen MR) is 64.7 cm³/mol. The molecule has 1 atom stereocenters. The average Bonchev–Trinajstić information content (AvgIpc) is 2.32. The highest BCUT2D eigenvalue weighted by atomic mass is 19.1. The minimum absolute atomic E-state index is 0.129. The predicted octanol–water partition coefficient (Wildman–Crippen LogP) is 2.95. The number of halogens is 1. The molecule has 0 bridgehead atoms. The van der Waals surface area contributed by atoms with Crippen molar-refractivity contribution in [2.75, 3.05) is 18.8 Å². The molecule has 1 aliphatic heterocycles. The summed E-state index contributed by atoms with van der Waals surface area (Å²) >= 11 is 0. The molecule has 0 saturated carbocycles. The molecule has 0 radical (unpaired) electrons. The molecule has 0 aromatic heterocycles. The van der Waals surface area contributed by atoms with Gasteiger partial charge in [-0.1, -0.05) is 6.42 Å². The van der Waals surface area contributed by atoms with Gasteiger partial charge in [0, 0.05) is 17.3 Å². The van der Waals surface area contributed by atoms with E-state index in [1.165, 1.54) is 25.3 Å². The number of hydrogen-bond acceptors (Lipinski definition) is 2. The van der Waals surface area contributed by atoms with E-state index < -0.39 is 0 Å². The molecule has 88 valence electrons. The van der Waals surface area contributed by atoms with Crippen LogP contribution in [0.15, 0.2) is 18.2 Å². The highest BCUT2D eigenvalue weighted by Crippen LogP contribution is 2.27. The van der Waals surface area contributed by atoms with E-state index in [9.17, 15) is 4.39 Å². The first kappa shape index (κ1) is 11.4. The Labute approximate surface area is 96.2 Å². The van der Waals surface area contributed by atoms with Crippen LogP contribution in [0.1, 0.15) is 37.8 Å². The molecule has 1 saturated heterocycles. The summed E-state index contributed by atoms with van der Waals surface area (Å²) in [5.41, 5.74) is 7.07. The largest absolute Gasteiger partial charge is 0.399 e. The molecule has 1 aromatic carbocycles. The lowest BCUT2D eigenvalue weighted by Gasteiger charge is -2.32. The number of hydrogen-bond donors (Lipinski definition) is 1. The summed E-state index contributed by atoms with van der Waals surface area (Å²) in [5, 5.41) is 0. The van der Waals surface area contributed by atoms with E-state index in [0.29, 0.717) is 5.69 Å². The number of rotatable bonds is 2. The third-order valence-electron chi connectivity index (χ3n) is 3.41. The summed E-state index contributed by atoms with van der Waals surface area (Å²) in [6, 6.07) is 4.96. The third-order valence-corrected chi connectivity index (χ3v) is 3.41. The van der Waals surface area contributed by atoms with Crippen molar-refractivity contribution in [1.82, 2.24) is 4.90 Å². The molecule has 1 fully saturated rings. The number of nitrogens with zero attached hydrogens (tertiary/aromatic N) is 1. The lowest BCUT2D eigenvalue weighted by Crippen LogP contribution is -2.32. The molecule has 16 heavy (non-hydrogen) atoms. The molecular formula is C13H19FN2. The zero-order valence-corrected chi connectivity index (χ0v) is 9.75. The second-order valence-electron chi connectivity index (χ2n) is 4.55. The Morgan fingerprint density at radius 3 is 2.62 bits per heavy atom. The summed E-state index contributed by atoms with van der Waals surface area (Å²) < 4.78 is 13.7. The van der Waals surface area contributed by atoms with Gasteiger partial charge in [0.25, 0.3) is 0 Å². The van der Waals surface area contributed by atoms with E-state index in [0.717, 1.165) is 18.7 Å². The molecule has 1 heterocycles. The van der Waals surface area contributed by atoms with E-state index in [2.05, 4.69) is 11.8 Å². The second kappa shape index (κ2) is 4.83. The van der Waals surface area contributed by atoms with Crippen LogP contribution < -0.4 is 5.73 Å². The van der Waals surface area contributed by atoms with Crippen LogP contribution in [0, 0.1) is 5.82 Å². The van der Waals surface area contributed by atoms with Crippen molar-refractivity contribution in [3.8, 4) is 0 Å². The monoisotopic (exact) mass is 222 g/mol. The van der Waals surface area contributed by atoms with E-state index >= 15 is 0 Å². The lowest BCUT2D eigenvalue weighted by atomic mass is 10.0. The first-order chi connectivity index (χ1) is 7.68. The van der Waals surface area contributed by atoms with Crippen LogP contribution in [0.4, 0.5) is 10.1 Å². The molecular weight excluding hydrogens is 203 g/mol. The zero-order chi connectivity index (χ0) is 11.5. The van der Waals surface area contributed by atoms with Crippen molar-refractivity contribution in [3.63, 3.8) is 0 Å². The van der Waals surface area contributed by atoms with Crippen LogP contribution >= 0.6 is 0 Å². The molecule has 2 N–H and O–H groups in total. The fourth-order valence-electron chi connectivity index (χ4n) is 2.38. The van der Waals surface area contributed by atoms with Gasteiger partial charge in [-0.25, -0.2) is 4.39 Å². The standard InChI is InChI=1S/C13H19FN2/c1-10(16-7-3-2-4-8-16)12-9-11(15)5-6-13(12)14/h5-6,9-10H,2-4,7-8,15H2,1H3. The summed E-state index contributed by atoms with van der Waals surface area (Å²) in [7, 11) is 0. The fraction of sp³-hybridized carbons (Fsp3) is 0.538. The Morgan fingerprint density at radius 2 is 1.94 bits per heavy atom. The van der Waals surface area contributed by atoms with Gasteiger partial charge in [0.2, 0.25) is 0 Å². The SMILES string of the molecule is CC(c1cc(N)ccc1F)N1CCCCC1. The fourth-order valence-corrected chi connectivity index (χ4v) is 2.38. The topological polar surface area (TPSA) is 29.3 Å². The summed E-state index contributed by atoms with van der Waals surface area (Å²) in [6.45, 7) is 4.19. The number of nitrogen functional groups attached to an aromatic ring is 1. The van der Waals surface area contributed by atoms with Gasteiger partial charge in [0.05, 0.1) is 0 Å². The number of nitrogens with two attached hydrogens (primary N) is 1. The Morgan fingerprint density at radius 1 is 1.25 bits per heavy atom. The van der Waals surface area contributed by atoms with E-state index in [4.69, 9.17) is 5.73 Å². The van der Waals surface area contributed by atoms with Gasteiger partial charge in [0.15, 0.2) is 0 Å². The van der Waals surface area contributed by atoms with Crippen molar-refractivity contribution < 1.29 is 4.39 Å². The zero-order valence-electron chi connectivity index (χ0n) is 9.75. The molecule has 1 unspecified atom stereocenters. The Kier molecular flexibility index (Phi) is 3.44. The highest BCUT2D eigenvalue weighted by Gasteiger charge is 2.20. The van der Waals surface area contributed by atoms with Crippen LogP contribution in [0.2, 0.25) is 0 Å². The van der Waals surface area contributed by atoms with Crippen LogP contribution in [0.25, 0.3) is 0 Å². The average molecular weight is 222 g/mol. The van der Waals surface area contributed by atoms with Crippen LogP contribution in [0.5, 0.6) is 0 Å². The maximum Gasteiger partial charge on any atom is 0.128 e. The van der Waals surface area contributed by atoms with Crippen molar-refractivity contribution >= 4 is 5.69 Å². The minimum Gasteiger partial charge on any atom is -0.399 e. The molecule has 0 amide bonds. The van der Waals surface area contributed by atoms with Gasteiger partial charge >= 0.3 is 0 Å². The smallest absolute Gasteiger partial charge is 0.128 e. The van der Waals surface area contributed by atoms with Crippen LogP contribution in [0.3, 0.4) is 0 Å². The van der Waals surface area contributed by atoms with Gasteiger partial charge in [-0.15, -0.1) is 0 Å². The number of benzene rings is 1. The minimum atomic E-state index is -0.146. The Balaban J connectivity index is 2.18. The molecule has 2 nitrogen and oxygen atoms in total. The summed E-state index contributed by atoms with van der Waals surface area (Å²) in [4.78, 5) is 2.33. The Hall–Kier alpha value is -1.09. The summed E-state index contributed by atoms with van der Waals surface area (Å²) in [5.74, 6) is -0.146. The molecule has 0 spiro atoms.